The highest BCUT2D eigenvalue weighted by Crippen LogP contribution is 2.27. The topological polar surface area (TPSA) is 81.8 Å². The van der Waals surface area contributed by atoms with Crippen LogP contribution in [0.2, 0.25) is 5.15 Å². The van der Waals surface area contributed by atoms with E-state index in [4.69, 9.17) is 26.8 Å². The quantitative estimate of drug-likeness (QED) is 0.456. The van der Waals surface area contributed by atoms with Gasteiger partial charge in [0, 0.05) is 12.7 Å². The normalized spacial score (nSPS) is 11.2. The number of aliphatic imine (C=N–C) groups is 1. The van der Waals surface area contributed by atoms with Crippen molar-refractivity contribution >= 4 is 17.6 Å². The molecule has 6 nitrogen and oxygen atoms in total. The van der Waals surface area contributed by atoms with Gasteiger partial charge in [0.25, 0.3) is 0 Å². The number of nitrogens with zero attached hydrogens (tertiary/aromatic N) is 2. The zero-order valence-corrected chi connectivity index (χ0v) is 14.5. The van der Waals surface area contributed by atoms with Crippen molar-refractivity contribution in [2.24, 2.45) is 10.7 Å². The molecule has 24 heavy (non-hydrogen) atoms. The monoisotopic (exact) mass is 348 g/mol. The van der Waals surface area contributed by atoms with Crippen LogP contribution in [0.4, 0.5) is 0 Å². The van der Waals surface area contributed by atoms with Crippen LogP contribution in [-0.2, 0) is 13.0 Å². The second-order valence-electron chi connectivity index (χ2n) is 5.06. The van der Waals surface area contributed by atoms with Crippen LogP contribution in [0, 0.1) is 0 Å². The van der Waals surface area contributed by atoms with Crippen LogP contribution < -0.4 is 20.5 Å². The van der Waals surface area contributed by atoms with Crippen molar-refractivity contribution in [1.82, 2.24) is 10.3 Å². The van der Waals surface area contributed by atoms with Crippen LogP contribution in [0.25, 0.3) is 0 Å². The van der Waals surface area contributed by atoms with Gasteiger partial charge >= 0.3 is 0 Å². The zero-order chi connectivity index (χ0) is 17.4. The maximum Gasteiger partial charge on any atom is 0.188 e. The van der Waals surface area contributed by atoms with Crippen LogP contribution in [0.5, 0.6) is 11.5 Å². The Bertz CT molecular complexity index is 689. The van der Waals surface area contributed by atoms with E-state index in [2.05, 4.69) is 15.3 Å². The number of methoxy groups -OCH3 is 2. The number of halogens is 1. The summed E-state index contributed by atoms with van der Waals surface area (Å²) in [6.07, 6.45) is 2.54. The number of aromatic nitrogens is 1. The summed E-state index contributed by atoms with van der Waals surface area (Å²) >= 11 is 5.75. The van der Waals surface area contributed by atoms with Gasteiger partial charge in [0.2, 0.25) is 0 Å². The Labute approximate surface area is 146 Å². The number of ether oxygens (including phenoxy) is 2. The highest BCUT2D eigenvalue weighted by molar-refractivity contribution is 6.29. The number of nitrogens with two attached hydrogens (primary N) is 1. The summed E-state index contributed by atoms with van der Waals surface area (Å²) in [6, 6.07) is 9.37. The summed E-state index contributed by atoms with van der Waals surface area (Å²) in [7, 11) is 3.21. The third-order valence-corrected chi connectivity index (χ3v) is 3.61. The van der Waals surface area contributed by atoms with Crippen LogP contribution in [-0.4, -0.2) is 31.7 Å². The Morgan fingerprint density at radius 2 is 1.92 bits per heavy atom. The molecular formula is C17H21ClN4O2. The molecule has 0 saturated heterocycles. The highest BCUT2D eigenvalue weighted by Gasteiger charge is 2.04. The van der Waals surface area contributed by atoms with Crippen molar-refractivity contribution in [3.05, 3.63) is 52.8 Å². The molecule has 0 spiro atoms. The molecule has 0 atom stereocenters. The maximum atomic E-state index is 5.88. The zero-order valence-electron chi connectivity index (χ0n) is 13.8. The van der Waals surface area contributed by atoms with Crippen molar-refractivity contribution in [3.8, 4) is 11.5 Å². The number of rotatable bonds is 7. The van der Waals surface area contributed by atoms with E-state index < -0.39 is 0 Å². The van der Waals surface area contributed by atoms with Crippen LogP contribution >= 0.6 is 11.6 Å². The lowest BCUT2D eigenvalue weighted by molar-refractivity contribution is 0.354. The van der Waals surface area contributed by atoms with E-state index >= 15 is 0 Å². The second kappa shape index (κ2) is 8.98. The lowest BCUT2D eigenvalue weighted by Gasteiger charge is -2.09. The average molecular weight is 349 g/mol. The lowest BCUT2D eigenvalue weighted by Crippen LogP contribution is -2.33. The van der Waals surface area contributed by atoms with Crippen molar-refractivity contribution in [2.45, 2.75) is 13.0 Å². The number of nitrogens with one attached hydrogen (secondary N) is 1. The van der Waals surface area contributed by atoms with Crippen molar-refractivity contribution < 1.29 is 9.47 Å². The SMILES string of the molecule is COc1ccc(CN=C(N)NCCc2ccc(Cl)nc2)cc1OC. The van der Waals surface area contributed by atoms with Gasteiger partial charge in [-0.1, -0.05) is 23.7 Å². The molecule has 3 N–H and O–H groups in total. The molecule has 0 unspecified atom stereocenters. The molecule has 0 aliphatic carbocycles. The van der Waals surface area contributed by atoms with E-state index in [9.17, 15) is 0 Å². The Kier molecular flexibility index (Phi) is 6.69. The maximum absolute atomic E-state index is 5.88. The molecule has 2 aromatic rings. The summed E-state index contributed by atoms with van der Waals surface area (Å²) in [5, 5.41) is 3.57. The molecule has 0 aliphatic heterocycles. The minimum atomic E-state index is 0.395. The number of benzene rings is 1. The Balaban J connectivity index is 1.84. The minimum Gasteiger partial charge on any atom is -0.493 e. The lowest BCUT2D eigenvalue weighted by atomic mass is 10.2. The van der Waals surface area contributed by atoms with Gasteiger partial charge in [-0.3, -0.25) is 0 Å². The first-order valence-electron chi connectivity index (χ1n) is 7.47. The molecule has 1 heterocycles. The molecule has 0 aliphatic rings. The van der Waals surface area contributed by atoms with Crippen molar-refractivity contribution in [2.75, 3.05) is 20.8 Å². The third-order valence-electron chi connectivity index (χ3n) is 3.39. The molecule has 0 radical (unpaired) electrons. The highest BCUT2D eigenvalue weighted by atomic mass is 35.5. The van der Waals surface area contributed by atoms with Gasteiger partial charge in [-0.05, 0) is 35.7 Å². The minimum absolute atomic E-state index is 0.395. The molecule has 0 saturated carbocycles. The number of hydrogen-bond acceptors (Lipinski definition) is 4. The Morgan fingerprint density at radius 3 is 2.58 bits per heavy atom. The summed E-state index contributed by atoms with van der Waals surface area (Å²) < 4.78 is 10.5. The first-order valence-corrected chi connectivity index (χ1v) is 7.85. The van der Waals surface area contributed by atoms with E-state index in [1.165, 1.54) is 0 Å². The summed E-state index contributed by atoms with van der Waals surface area (Å²) in [5.74, 6) is 1.76. The molecule has 0 bridgehead atoms. The van der Waals surface area contributed by atoms with E-state index in [0.717, 1.165) is 17.5 Å². The smallest absolute Gasteiger partial charge is 0.188 e. The molecule has 128 valence electrons. The Morgan fingerprint density at radius 1 is 1.17 bits per heavy atom. The largest absolute Gasteiger partial charge is 0.493 e. The standard InChI is InChI=1S/C17H21ClN4O2/c1-23-14-5-3-13(9-15(14)24-2)11-22-17(19)20-8-7-12-4-6-16(18)21-10-12/h3-6,9-10H,7-8,11H2,1-2H3,(H3,19,20,22). The van der Waals surface area contributed by atoms with Gasteiger partial charge in [0.05, 0.1) is 20.8 Å². The van der Waals surface area contributed by atoms with Crippen LogP contribution in [0.15, 0.2) is 41.5 Å². The molecule has 1 aromatic heterocycles. The van der Waals surface area contributed by atoms with Gasteiger partial charge in [0.15, 0.2) is 17.5 Å². The summed E-state index contributed by atoms with van der Waals surface area (Å²) in [5.41, 5.74) is 7.95. The average Bonchev–Trinajstić information content (AvgIpc) is 2.61. The summed E-state index contributed by atoms with van der Waals surface area (Å²) in [6.45, 7) is 1.13. The van der Waals surface area contributed by atoms with Gasteiger partial charge < -0.3 is 20.5 Å². The first-order chi connectivity index (χ1) is 11.6. The first kappa shape index (κ1) is 17.9. The fourth-order valence-electron chi connectivity index (χ4n) is 2.10. The molecular weight excluding hydrogens is 328 g/mol. The molecule has 1 aromatic carbocycles. The predicted molar refractivity (Wildman–Crippen MR) is 95.8 cm³/mol. The number of hydrogen-bond donors (Lipinski definition) is 2. The Hall–Kier alpha value is -2.47. The van der Waals surface area contributed by atoms with E-state index in [-0.39, 0.29) is 0 Å². The molecule has 0 fully saturated rings. The van der Waals surface area contributed by atoms with Crippen molar-refractivity contribution in [1.29, 1.82) is 0 Å². The second-order valence-corrected chi connectivity index (χ2v) is 5.44. The number of pyridine rings is 1. The number of guanidine groups is 1. The van der Waals surface area contributed by atoms with Gasteiger partial charge in [-0.25, -0.2) is 9.98 Å². The van der Waals surface area contributed by atoms with Gasteiger partial charge in [-0.2, -0.15) is 0 Å². The molecule has 2 rings (SSSR count). The van der Waals surface area contributed by atoms with Gasteiger partial charge in [-0.15, -0.1) is 0 Å². The fraction of sp³-hybridized carbons (Fsp3) is 0.294. The predicted octanol–water partition coefficient (Wildman–Crippen LogP) is 2.40. The molecule has 0 amide bonds. The third kappa shape index (κ3) is 5.31. The van der Waals surface area contributed by atoms with E-state index in [1.807, 2.05) is 24.3 Å². The van der Waals surface area contributed by atoms with Crippen LogP contribution in [0.1, 0.15) is 11.1 Å². The van der Waals surface area contributed by atoms with E-state index in [0.29, 0.717) is 35.7 Å². The molecule has 7 heteroatoms. The van der Waals surface area contributed by atoms with Crippen molar-refractivity contribution in [3.63, 3.8) is 0 Å². The van der Waals surface area contributed by atoms with Crippen LogP contribution in [0.3, 0.4) is 0 Å². The van der Waals surface area contributed by atoms with Gasteiger partial charge in [0.1, 0.15) is 5.15 Å². The summed E-state index contributed by atoms with van der Waals surface area (Å²) in [4.78, 5) is 8.36. The van der Waals surface area contributed by atoms with E-state index in [1.54, 1.807) is 26.5 Å². The fourth-order valence-corrected chi connectivity index (χ4v) is 2.21.